The smallest absolute Gasteiger partial charge is 0.341 e. The fraction of sp³-hybridized carbons (Fsp3) is 0.538. The SMILES string of the molecule is CC1(CNc2ccccc2S(=O)(=O)C(F)F)CCCS1. The van der Waals surface area contributed by atoms with Crippen LogP contribution in [0.3, 0.4) is 0 Å². The summed E-state index contributed by atoms with van der Waals surface area (Å²) in [6.07, 6.45) is 2.16. The lowest BCUT2D eigenvalue weighted by Gasteiger charge is -2.24. The van der Waals surface area contributed by atoms with Gasteiger partial charge < -0.3 is 5.32 Å². The van der Waals surface area contributed by atoms with Crippen molar-refractivity contribution in [3.63, 3.8) is 0 Å². The molecule has 1 aromatic rings. The Hall–Kier alpha value is -0.820. The quantitative estimate of drug-likeness (QED) is 0.903. The molecule has 0 bridgehead atoms. The highest BCUT2D eigenvalue weighted by molar-refractivity contribution is 8.00. The minimum absolute atomic E-state index is 0.0295. The molecule has 0 aliphatic carbocycles. The van der Waals surface area contributed by atoms with Gasteiger partial charge in [0.25, 0.3) is 0 Å². The molecule has 0 amide bonds. The number of thioether (sulfide) groups is 1. The van der Waals surface area contributed by atoms with E-state index in [0.29, 0.717) is 6.54 Å². The maximum absolute atomic E-state index is 12.7. The average molecular weight is 321 g/mol. The van der Waals surface area contributed by atoms with Crippen molar-refractivity contribution in [2.75, 3.05) is 17.6 Å². The van der Waals surface area contributed by atoms with Gasteiger partial charge in [0.2, 0.25) is 9.84 Å². The highest BCUT2D eigenvalue weighted by Crippen LogP contribution is 2.38. The van der Waals surface area contributed by atoms with Gasteiger partial charge in [-0.05, 0) is 37.7 Å². The first-order valence-electron chi connectivity index (χ1n) is 6.34. The van der Waals surface area contributed by atoms with E-state index in [1.54, 1.807) is 6.07 Å². The lowest BCUT2D eigenvalue weighted by atomic mass is 10.1. The molecule has 3 nitrogen and oxygen atoms in total. The summed E-state index contributed by atoms with van der Waals surface area (Å²) in [6.45, 7) is 2.66. The van der Waals surface area contributed by atoms with Gasteiger partial charge in [0, 0.05) is 11.3 Å². The van der Waals surface area contributed by atoms with Crippen LogP contribution in [0.25, 0.3) is 0 Å². The van der Waals surface area contributed by atoms with E-state index < -0.39 is 15.6 Å². The Balaban J connectivity index is 2.21. The van der Waals surface area contributed by atoms with Gasteiger partial charge in [-0.1, -0.05) is 12.1 Å². The summed E-state index contributed by atoms with van der Waals surface area (Å²) in [4.78, 5) is -0.332. The van der Waals surface area contributed by atoms with E-state index in [-0.39, 0.29) is 15.3 Å². The zero-order chi connectivity index (χ0) is 14.8. The molecule has 1 N–H and O–H groups in total. The molecule has 1 fully saturated rings. The van der Waals surface area contributed by atoms with Gasteiger partial charge in [-0.25, -0.2) is 8.42 Å². The number of halogens is 2. The van der Waals surface area contributed by atoms with Crippen LogP contribution in [0.2, 0.25) is 0 Å². The maximum atomic E-state index is 12.7. The van der Waals surface area contributed by atoms with E-state index in [9.17, 15) is 17.2 Å². The van der Waals surface area contributed by atoms with Gasteiger partial charge in [0.1, 0.15) is 0 Å². The predicted octanol–water partition coefficient (Wildman–Crippen LogP) is 3.38. The minimum Gasteiger partial charge on any atom is -0.383 e. The van der Waals surface area contributed by atoms with Crippen molar-refractivity contribution >= 4 is 27.3 Å². The van der Waals surface area contributed by atoms with Crippen molar-refractivity contribution < 1.29 is 17.2 Å². The monoisotopic (exact) mass is 321 g/mol. The van der Waals surface area contributed by atoms with Gasteiger partial charge in [0.05, 0.1) is 10.6 Å². The molecule has 1 aromatic carbocycles. The maximum Gasteiger partial charge on any atom is 0.341 e. The van der Waals surface area contributed by atoms with E-state index >= 15 is 0 Å². The zero-order valence-electron chi connectivity index (χ0n) is 11.1. The van der Waals surface area contributed by atoms with Crippen LogP contribution in [0.4, 0.5) is 14.5 Å². The molecule has 20 heavy (non-hydrogen) atoms. The van der Waals surface area contributed by atoms with Crippen LogP contribution in [0, 0.1) is 0 Å². The fourth-order valence-corrected chi connectivity index (χ4v) is 4.37. The van der Waals surface area contributed by atoms with Crippen LogP contribution >= 0.6 is 11.8 Å². The van der Waals surface area contributed by atoms with E-state index in [2.05, 4.69) is 12.2 Å². The molecule has 1 unspecified atom stereocenters. The first-order valence-corrected chi connectivity index (χ1v) is 8.87. The highest BCUT2D eigenvalue weighted by Gasteiger charge is 2.32. The van der Waals surface area contributed by atoms with Crippen LogP contribution in [-0.2, 0) is 9.84 Å². The first-order chi connectivity index (χ1) is 9.35. The molecular weight excluding hydrogens is 304 g/mol. The van der Waals surface area contributed by atoms with Crippen molar-refractivity contribution in [2.45, 2.75) is 35.2 Å². The van der Waals surface area contributed by atoms with Crippen LogP contribution in [0.1, 0.15) is 19.8 Å². The second-order valence-corrected chi connectivity index (χ2v) is 8.63. The Kier molecular flexibility index (Phi) is 4.59. The van der Waals surface area contributed by atoms with E-state index in [0.717, 1.165) is 18.6 Å². The summed E-state index contributed by atoms with van der Waals surface area (Å²) in [5, 5.41) is 3.02. The number of benzene rings is 1. The lowest BCUT2D eigenvalue weighted by Crippen LogP contribution is -2.27. The third-order valence-corrected chi connectivity index (χ3v) is 6.36. The first kappa shape index (κ1) is 15.6. The van der Waals surface area contributed by atoms with Crippen molar-refractivity contribution in [3.8, 4) is 0 Å². The van der Waals surface area contributed by atoms with Gasteiger partial charge >= 0.3 is 5.76 Å². The topological polar surface area (TPSA) is 46.2 Å². The number of sulfone groups is 1. The number of rotatable bonds is 5. The Morgan fingerprint density at radius 1 is 1.40 bits per heavy atom. The van der Waals surface area contributed by atoms with Crippen LogP contribution < -0.4 is 5.32 Å². The summed E-state index contributed by atoms with van der Waals surface area (Å²) >= 11 is 1.82. The van der Waals surface area contributed by atoms with Crippen LogP contribution in [0.15, 0.2) is 29.2 Å². The largest absolute Gasteiger partial charge is 0.383 e. The number of hydrogen-bond acceptors (Lipinski definition) is 4. The molecule has 112 valence electrons. The Labute approximate surface area is 122 Å². The summed E-state index contributed by atoms with van der Waals surface area (Å²) in [6, 6.07) is 5.83. The molecule has 0 aromatic heterocycles. The fourth-order valence-electron chi connectivity index (χ4n) is 2.22. The zero-order valence-corrected chi connectivity index (χ0v) is 12.7. The van der Waals surface area contributed by atoms with Gasteiger partial charge in [-0.15, -0.1) is 0 Å². The average Bonchev–Trinajstić information content (AvgIpc) is 2.84. The lowest BCUT2D eigenvalue weighted by molar-refractivity contribution is 0.235. The Morgan fingerprint density at radius 2 is 2.10 bits per heavy atom. The van der Waals surface area contributed by atoms with Crippen molar-refractivity contribution in [3.05, 3.63) is 24.3 Å². The van der Waals surface area contributed by atoms with E-state index in [4.69, 9.17) is 0 Å². The standard InChI is InChI=1S/C13H17F2NO2S2/c1-13(7-4-8-19-13)9-16-10-5-2-3-6-11(10)20(17,18)12(14)15/h2-3,5-6,12,16H,4,7-9H2,1H3. The third-order valence-electron chi connectivity index (χ3n) is 3.38. The van der Waals surface area contributed by atoms with E-state index in [1.165, 1.54) is 18.2 Å². The summed E-state index contributed by atoms with van der Waals surface area (Å²) in [5.74, 6) is -2.32. The summed E-state index contributed by atoms with van der Waals surface area (Å²) in [7, 11) is -4.58. The Morgan fingerprint density at radius 3 is 2.70 bits per heavy atom. The van der Waals surface area contributed by atoms with Crippen molar-refractivity contribution in [1.29, 1.82) is 0 Å². The molecule has 0 spiro atoms. The molecule has 7 heteroatoms. The molecule has 1 aliphatic rings. The second kappa shape index (κ2) is 5.89. The van der Waals surface area contributed by atoms with E-state index in [1.807, 2.05) is 11.8 Å². The highest BCUT2D eigenvalue weighted by atomic mass is 32.2. The Bertz CT molecular complexity index is 569. The van der Waals surface area contributed by atoms with Crippen molar-refractivity contribution in [2.24, 2.45) is 0 Å². The number of anilines is 1. The number of hydrogen-bond donors (Lipinski definition) is 1. The predicted molar refractivity (Wildman–Crippen MR) is 78.2 cm³/mol. The molecule has 1 aliphatic heterocycles. The normalized spacial score (nSPS) is 23.2. The molecule has 1 heterocycles. The molecule has 0 saturated carbocycles. The number of alkyl halides is 2. The van der Waals surface area contributed by atoms with Gasteiger partial charge in [-0.3, -0.25) is 0 Å². The van der Waals surface area contributed by atoms with Crippen LogP contribution in [-0.4, -0.2) is 31.2 Å². The van der Waals surface area contributed by atoms with Gasteiger partial charge in [0.15, 0.2) is 0 Å². The van der Waals surface area contributed by atoms with Crippen molar-refractivity contribution in [1.82, 2.24) is 0 Å². The molecule has 1 atom stereocenters. The second-order valence-electron chi connectivity index (χ2n) is 5.06. The molecule has 2 rings (SSSR count). The summed E-state index contributed by atoms with van der Waals surface area (Å²) < 4.78 is 48.6. The number of nitrogens with one attached hydrogen (secondary N) is 1. The third kappa shape index (κ3) is 3.25. The van der Waals surface area contributed by atoms with Gasteiger partial charge in [-0.2, -0.15) is 20.5 Å². The molecule has 0 radical (unpaired) electrons. The number of para-hydroxylation sites is 1. The molecular formula is C13H17F2NO2S2. The minimum atomic E-state index is -4.58. The van der Waals surface area contributed by atoms with Crippen LogP contribution in [0.5, 0.6) is 0 Å². The molecule has 1 saturated heterocycles. The summed E-state index contributed by atoms with van der Waals surface area (Å²) in [5.41, 5.74) is 0.251.